The molecule has 0 fully saturated rings. The molecule has 2 N–H and O–H groups in total. The summed E-state index contributed by atoms with van der Waals surface area (Å²) >= 11 is 0. The summed E-state index contributed by atoms with van der Waals surface area (Å²) in [7, 11) is 0. The zero-order chi connectivity index (χ0) is 12.7. The number of hydrogen-bond acceptors (Lipinski definition) is 3. The number of benzene rings is 1. The van der Waals surface area contributed by atoms with E-state index in [9.17, 15) is 9.59 Å². The van der Waals surface area contributed by atoms with Crippen molar-refractivity contribution in [2.45, 2.75) is 6.42 Å². The van der Waals surface area contributed by atoms with Crippen molar-refractivity contribution >= 4 is 17.6 Å². The average Bonchev–Trinajstić information content (AvgIpc) is 2.28. The van der Waals surface area contributed by atoms with Crippen LogP contribution in [0, 0.1) is 12.3 Å². The smallest absolute Gasteiger partial charge is 0.341 e. The third-order valence-corrected chi connectivity index (χ3v) is 1.76. The van der Waals surface area contributed by atoms with Gasteiger partial charge in [-0.3, -0.25) is 4.79 Å². The second-order valence-electron chi connectivity index (χ2n) is 3.14. The molecule has 5 heteroatoms. The summed E-state index contributed by atoms with van der Waals surface area (Å²) in [6, 6.07) is 6.33. The van der Waals surface area contributed by atoms with Crippen LogP contribution in [-0.2, 0) is 9.59 Å². The van der Waals surface area contributed by atoms with Crippen LogP contribution in [0.2, 0.25) is 0 Å². The SMILES string of the molecule is C#CCC(=O)Nc1ccc(OCC(=O)O)cc1. The third-order valence-electron chi connectivity index (χ3n) is 1.76. The summed E-state index contributed by atoms with van der Waals surface area (Å²) in [4.78, 5) is 21.4. The Balaban J connectivity index is 2.53. The Morgan fingerprint density at radius 3 is 2.53 bits per heavy atom. The zero-order valence-electron chi connectivity index (χ0n) is 8.97. The van der Waals surface area contributed by atoms with Gasteiger partial charge in [0, 0.05) is 5.69 Å². The summed E-state index contributed by atoms with van der Waals surface area (Å²) < 4.78 is 4.93. The number of carboxylic acids is 1. The monoisotopic (exact) mass is 233 g/mol. The van der Waals surface area contributed by atoms with Crippen LogP contribution in [0.4, 0.5) is 5.69 Å². The van der Waals surface area contributed by atoms with Crippen LogP contribution in [0.1, 0.15) is 6.42 Å². The Morgan fingerprint density at radius 2 is 2.00 bits per heavy atom. The topological polar surface area (TPSA) is 75.6 Å². The minimum absolute atomic E-state index is 0.0112. The highest BCUT2D eigenvalue weighted by Gasteiger charge is 2.01. The van der Waals surface area contributed by atoms with E-state index in [-0.39, 0.29) is 12.3 Å². The van der Waals surface area contributed by atoms with Gasteiger partial charge in [0.25, 0.3) is 0 Å². The highest BCUT2D eigenvalue weighted by Crippen LogP contribution is 2.15. The van der Waals surface area contributed by atoms with Crippen LogP contribution in [-0.4, -0.2) is 23.6 Å². The van der Waals surface area contributed by atoms with E-state index in [0.29, 0.717) is 11.4 Å². The number of carbonyl (C=O) groups is 2. The minimum atomic E-state index is -1.05. The number of carboxylic acid groups (broad SMARTS) is 1. The van der Waals surface area contributed by atoms with E-state index < -0.39 is 12.6 Å². The zero-order valence-corrected chi connectivity index (χ0v) is 8.97. The number of ether oxygens (including phenoxy) is 1. The fraction of sp³-hybridized carbons (Fsp3) is 0.167. The maximum absolute atomic E-state index is 11.1. The van der Waals surface area contributed by atoms with Crippen molar-refractivity contribution in [3.63, 3.8) is 0 Å². The van der Waals surface area contributed by atoms with Crippen LogP contribution >= 0.6 is 0 Å². The standard InChI is InChI=1S/C12H11NO4/c1-2-3-11(14)13-9-4-6-10(7-5-9)17-8-12(15)16/h1,4-7H,3,8H2,(H,13,14)(H,15,16). The molecule has 1 amide bonds. The molecule has 0 aliphatic heterocycles. The van der Waals surface area contributed by atoms with Gasteiger partial charge in [-0.15, -0.1) is 6.42 Å². The van der Waals surface area contributed by atoms with Crippen LogP contribution in [0.15, 0.2) is 24.3 Å². The molecule has 0 saturated heterocycles. The van der Waals surface area contributed by atoms with E-state index in [1.165, 1.54) is 0 Å². The highest BCUT2D eigenvalue weighted by molar-refractivity contribution is 5.92. The molecule has 1 aromatic carbocycles. The number of amides is 1. The summed E-state index contributed by atoms with van der Waals surface area (Å²) in [5.41, 5.74) is 0.577. The van der Waals surface area contributed by atoms with Crippen molar-refractivity contribution in [3.8, 4) is 18.1 Å². The minimum Gasteiger partial charge on any atom is -0.482 e. The van der Waals surface area contributed by atoms with Gasteiger partial charge in [-0.05, 0) is 24.3 Å². The lowest BCUT2D eigenvalue weighted by Gasteiger charge is -2.05. The first-order valence-corrected chi connectivity index (χ1v) is 4.80. The fourth-order valence-corrected chi connectivity index (χ4v) is 1.08. The summed E-state index contributed by atoms with van der Waals surface area (Å²) in [5, 5.41) is 11.0. The summed E-state index contributed by atoms with van der Waals surface area (Å²) in [6.45, 7) is -0.400. The summed E-state index contributed by atoms with van der Waals surface area (Å²) in [6.07, 6.45) is 5.00. The molecule has 0 aliphatic carbocycles. The van der Waals surface area contributed by atoms with Gasteiger partial charge >= 0.3 is 5.97 Å². The van der Waals surface area contributed by atoms with Gasteiger partial charge in [0.05, 0.1) is 6.42 Å². The van der Waals surface area contributed by atoms with Crippen molar-refractivity contribution in [2.24, 2.45) is 0 Å². The number of rotatable bonds is 5. The molecule has 0 bridgehead atoms. The number of anilines is 1. The molecule has 0 radical (unpaired) electrons. The van der Waals surface area contributed by atoms with Crippen LogP contribution < -0.4 is 10.1 Å². The molecule has 0 atom stereocenters. The van der Waals surface area contributed by atoms with Crippen molar-refractivity contribution < 1.29 is 19.4 Å². The van der Waals surface area contributed by atoms with Gasteiger partial charge in [0.1, 0.15) is 5.75 Å². The first kappa shape index (κ1) is 12.6. The van der Waals surface area contributed by atoms with E-state index in [2.05, 4.69) is 11.2 Å². The molecule has 0 aromatic heterocycles. The molecule has 88 valence electrons. The molecule has 0 aliphatic rings. The number of carbonyl (C=O) groups excluding carboxylic acids is 1. The van der Waals surface area contributed by atoms with Crippen molar-refractivity contribution in [2.75, 3.05) is 11.9 Å². The van der Waals surface area contributed by atoms with Gasteiger partial charge in [-0.25, -0.2) is 4.79 Å². The highest BCUT2D eigenvalue weighted by atomic mass is 16.5. The molecule has 0 heterocycles. The van der Waals surface area contributed by atoms with Crippen molar-refractivity contribution in [1.29, 1.82) is 0 Å². The fourth-order valence-electron chi connectivity index (χ4n) is 1.08. The lowest BCUT2D eigenvalue weighted by atomic mass is 10.3. The molecular formula is C12H11NO4. The second-order valence-corrected chi connectivity index (χ2v) is 3.14. The van der Waals surface area contributed by atoms with E-state index in [1.807, 2.05) is 0 Å². The van der Waals surface area contributed by atoms with Crippen LogP contribution in [0.3, 0.4) is 0 Å². The molecule has 1 aromatic rings. The maximum atomic E-state index is 11.1. The Morgan fingerprint density at radius 1 is 1.35 bits per heavy atom. The third kappa shape index (κ3) is 4.71. The molecule has 5 nitrogen and oxygen atoms in total. The van der Waals surface area contributed by atoms with Crippen LogP contribution in [0.25, 0.3) is 0 Å². The van der Waals surface area contributed by atoms with Crippen molar-refractivity contribution in [1.82, 2.24) is 0 Å². The van der Waals surface area contributed by atoms with E-state index in [1.54, 1.807) is 24.3 Å². The quantitative estimate of drug-likeness (QED) is 0.747. The van der Waals surface area contributed by atoms with Gasteiger partial charge < -0.3 is 15.2 Å². The molecule has 17 heavy (non-hydrogen) atoms. The molecule has 0 saturated carbocycles. The van der Waals surface area contributed by atoms with E-state index >= 15 is 0 Å². The van der Waals surface area contributed by atoms with E-state index in [0.717, 1.165) is 0 Å². The van der Waals surface area contributed by atoms with E-state index in [4.69, 9.17) is 16.3 Å². The van der Waals surface area contributed by atoms with Gasteiger partial charge in [-0.2, -0.15) is 0 Å². The predicted octanol–water partition coefficient (Wildman–Crippen LogP) is 1.11. The molecule has 1 rings (SSSR count). The van der Waals surface area contributed by atoms with Crippen LogP contribution in [0.5, 0.6) is 5.75 Å². The average molecular weight is 233 g/mol. The Bertz CT molecular complexity index is 445. The number of terminal acetylenes is 1. The number of hydrogen-bond donors (Lipinski definition) is 2. The lowest BCUT2D eigenvalue weighted by molar-refractivity contribution is -0.139. The number of aliphatic carboxylic acids is 1. The van der Waals surface area contributed by atoms with Gasteiger partial charge in [0.2, 0.25) is 5.91 Å². The lowest BCUT2D eigenvalue weighted by Crippen LogP contribution is -2.11. The Hall–Kier alpha value is -2.48. The van der Waals surface area contributed by atoms with Crippen molar-refractivity contribution in [3.05, 3.63) is 24.3 Å². The predicted molar refractivity (Wildman–Crippen MR) is 61.7 cm³/mol. The number of nitrogens with one attached hydrogen (secondary N) is 1. The Labute approximate surface area is 98.4 Å². The second kappa shape index (κ2) is 6.18. The first-order chi connectivity index (χ1) is 8.11. The van der Waals surface area contributed by atoms with Gasteiger partial charge in [0.15, 0.2) is 6.61 Å². The summed E-state index contributed by atoms with van der Waals surface area (Å²) in [5.74, 6) is 1.33. The Kier molecular flexibility index (Phi) is 4.58. The normalized spacial score (nSPS) is 9.12. The molecule has 0 spiro atoms. The largest absolute Gasteiger partial charge is 0.482 e. The molecular weight excluding hydrogens is 222 g/mol. The maximum Gasteiger partial charge on any atom is 0.341 e. The molecule has 0 unspecified atom stereocenters. The first-order valence-electron chi connectivity index (χ1n) is 4.80. The van der Waals surface area contributed by atoms with Gasteiger partial charge in [-0.1, -0.05) is 5.92 Å².